The molecule has 2 heteroatoms. The van der Waals surface area contributed by atoms with Crippen LogP contribution < -0.4 is 10.5 Å². The van der Waals surface area contributed by atoms with Gasteiger partial charge >= 0.3 is 0 Å². The molecule has 0 amide bonds. The van der Waals surface area contributed by atoms with E-state index in [1.807, 2.05) is 0 Å². The highest BCUT2D eigenvalue weighted by atomic mass is 16.5. The fourth-order valence-corrected chi connectivity index (χ4v) is 3.78. The van der Waals surface area contributed by atoms with Crippen molar-refractivity contribution in [3.05, 3.63) is 29.8 Å². The fourth-order valence-electron chi connectivity index (χ4n) is 3.78. The van der Waals surface area contributed by atoms with E-state index in [4.69, 9.17) is 10.5 Å². The summed E-state index contributed by atoms with van der Waals surface area (Å²) in [5.41, 5.74) is 6.89. The summed E-state index contributed by atoms with van der Waals surface area (Å²) in [6.07, 6.45) is 6.66. The van der Waals surface area contributed by atoms with Crippen molar-refractivity contribution < 1.29 is 4.74 Å². The van der Waals surface area contributed by atoms with E-state index in [1.165, 1.54) is 31.2 Å². The number of rotatable bonds is 5. The van der Waals surface area contributed by atoms with Crippen molar-refractivity contribution in [1.82, 2.24) is 0 Å². The van der Waals surface area contributed by atoms with Crippen LogP contribution in [-0.4, -0.2) is 13.2 Å². The second-order valence-electron chi connectivity index (χ2n) is 5.89. The summed E-state index contributed by atoms with van der Waals surface area (Å²) in [5, 5.41) is 0. The zero-order valence-corrected chi connectivity index (χ0v) is 11.0. The lowest BCUT2D eigenvalue weighted by atomic mass is 9.89. The van der Waals surface area contributed by atoms with Gasteiger partial charge in [-0.25, -0.2) is 0 Å². The summed E-state index contributed by atoms with van der Waals surface area (Å²) in [5.74, 6) is 3.79. The third kappa shape index (κ3) is 2.39. The highest BCUT2D eigenvalue weighted by Gasteiger charge is 2.39. The summed E-state index contributed by atoms with van der Waals surface area (Å²) in [4.78, 5) is 0. The Labute approximate surface area is 110 Å². The van der Waals surface area contributed by atoms with Crippen LogP contribution in [0.1, 0.15) is 31.2 Å². The molecule has 2 aliphatic rings. The standard InChI is InChI=1S/C16H23NO/c17-8-7-13-3-1-2-4-16(13)18-11-15-10-12-5-6-14(15)9-12/h1-4,12,14-15H,5-11,17H2. The molecule has 3 atom stereocenters. The average molecular weight is 245 g/mol. The fraction of sp³-hybridized carbons (Fsp3) is 0.625. The molecule has 0 heterocycles. The third-order valence-electron chi connectivity index (χ3n) is 4.72. The Morgan fingerprint density at radius 1 is 1.17 bits per heavy atom. The van der Waals surface area contributed by atoms with Crippen molar-refractivity contribution in [2.24, 2.45) is 23.5 Å². The lowest BCUT2D eigenvalue weighted by Crippen LogP contribution is -2.19. The van der Waals surface area contributed by atoms with Gasteiger partial charge in [0.15, 0.2) is 0 Å². The molecule has 3 unspecified atom stereocenters. The lowest BCUT2D eigenvalue weighted by Gasteiger charge is -2.22. The maximum atomic E-state index is 6.07. The second kappa shape index (κ2) is 5.31. The van der Waals surface area contributed by atoms with Gasteiger partial charge in [0.2, 0.25) is 0 Å². The molecule has 1 aromatic rings. The van der Waals surface area contributed by atoms with Gasteiger partial charge in [-0.3, -0.25) is 0 Å². The Morgan fingerprint density at radius 3 is 2.78 bits per heavy atom. The number of ether oxygens (including phenoxy) is 1. The second-order valence-corrected chi connectivity index (χ2v) is 5.89. The van der Waals surface area contributed by atoms with Crippen molar-refractivity contribution in [1.29, 1.82) is 0 Å². The average Bonchev–Trinajstić information content (AvgIpc) is 3.00. The number of para-hydroxylation sites is 1. The SMILES string of the molecule is NCCc1ccccc1OCC1CC2CCC1C2. The van der Waals surface area contributed by atoms with E-state index in [-0.39, 0.29) is 0 Å². The van der Waals surface area contributed by atoms with E-state index in [1.54, 1.807) is 0 Å². The van der Waals surface area contributed by atoms with Gasteiger partial charge in [0, 0.05) is 0 Å². The van der Waals surface area contributed by atoms with Crippen LogP contribution in [0.4, 0.5) is 0 Å². The number of hydrogen-bond donors (Lipinski definition) is 1. The molecule has 2 saturated carbocycles. The predicted molar refractivity (Wildman–Crippen MR) is 73.6 cm³/mol. The van der Waals surface area contributed by atoms with Gasteiger partial charge in [0.1, 0.15) is 5.75 Å². The number of benzene rings is 1. The first kappa shape index (κ1) is 12.0. The maximum absolute atomic E-state index is 6.07. The molecular formula is C16H23NO. The van der Waals surface area contributed by atoms with Crippen LogP contribution in [-0.2, 0) is 6.42 Å². The van der Waals surface area contributed by atoms with Crippen LogP contribution in [0.2, 0.25) is 0 Å². The normalized spacial score (nSPS) is 29.7. The summed E-state index contributed by atoms with van der Waals surface area (Å²) >= 11 is 0. The first-order valence-electron chi connectivity index (χ1n) is 7.27. The van der Waals surface area contributed by atoms with Crippen LogP contribution >= 0.6 is 0 Å². The van der Waals surface area contributed by atoms with E-state index in [0.717, 1.165) is 36.5 Å². The minimum Gasteiger partial charge on any atom is -0.493 e. The Balaban J connectivity index is 1.59. The van der Waals surface area contributed by atoms with E-state index < -0.39 is 0 Å². The summed E-state index contributed by atoms with van der Waals surface area (Å²) in [6.45, 7) is 1.59. The molecule has 18 heavy (non-hydrogen) atoms. The first-order valence-corrected chi connectivity index (χ1v) is 7.27. The van der Waals surface area contributed by atoms with Gasteiger partial charge in [0.25, 0.3) is 0 Å². The number of hydrogen-bond acceptors (Lipinski definition) is 2. The Kier molecular flexibility index (Phi) is 3.55. The highest BCUT2D eigenvalue weighted by molar-refractivity contribution is 5.33. The van der Waals surface area contributed by atoms with E-state index in [0.29, 0.717) is 6.54 Å². The summed E-state index contributed by atoms with van der Waals surface area (Å²) < 4.78 is 6.07. The van der Waals surface area contributed by atoms with Crippen LogP contribution in [0.3, 0.4) is 0 Å². The molecule has 0 radical (unpaired) electrons. The van der Waals surface area contributed by atoms with Gasteiger partial charge in [-0.1, -0.05) is 24.6 Å². The van der Waals surface area contributed by atoms with Crippen LogP contribution in [0, 0.1) is 17.8 Å². The third-order valence-corrected chi connectivity index (χ3v) is 4.72. The van der Waals surface area contributed by atoms with Crippen molar-refractivity contribution in [2.45, 2.75) is 32.1 Å². The van der Waals surface area contributed by atoms with Crippen molar-refractivity contribution in [2.75, 3.05) is 13.2 Å². The first-order chi connectivity index (χ1) is 8.86. The molecule has 1 aromatic carbocycles. The topological polar surface area (TPSA) is 35.2 Å². The quantitative estimate of drug-likeness (QED) is 0.865. The van der Waals surface area contributed by atoms with Crippen molar-refractivity contribution in [3.8, 4) is 5.75 Å². The van der Waals surface area contributed by atoms with Gasteiger partial charge in [0.05, 0.1) is 6.61 Å². The molecule has 2 fully saturated rings. The Hall–Kier alpha value is -1.02. The minimum atomic E-state index is 0.689. The molecule has 0 aliphatic heterocycles. The number of nitrogens with two attached hydrogens (primary N) is 1. The van der Waals surface area contributed by atoms with Gasteiger partial charge in [-0.2, -0.15) is 0 Å². The molecule has 2 bridgehead atoms. The van der Waals surface area contributed by atoms with Gasteiger partial charge in [-0.05, 0) is 61.6 Å². The van der Waals surface area contributed by atoms with Gasteiger partial charge < -0.3 is 10.5 Å². The lowest BCUT2D eigenvalue weighted by molar-refractivity contribution is 0.194. The number of fused-ring (bicyclic) bond motifs is 2. The molecule has 2 nitrogen and oxygen atoms in total. The molecule has 98 valence electrons. The molecule has 0 aromatic heterocycles. The zero-order chi connectivity index (χ0) is 12.4. The largest absolute Gasteiger partial charge is 0.493 e. The maximum Gasteiger partial charge on any atom is 0.122 e. The molecule has 3 rings (SSSR count). The minimum absolute atomic E-state index is 0.689. The van der Waals surface area contributed by atoms with E-state index in [2.05, 4.69) is 24.3 Å². The van der Waals surface area contributed by atoms with Crippen LogP contribution in [0.15, 0.2) is 24.3 Å². The van der Waals surface area contributed by atoms with E-state index >= 15 is 0 Å². The van der Waals surface area contributed by atoms with Crippen LogP contribution in [0.5, 0.6) is 5.75 Å². The Bertz CT molecular complexity index is 404. The molecule has 0 spiro atoms. The van der Waals surface area contributed by atoms with E-state index in [9.17, 15) is 0 Å². The smallest absolute Gasteiger partial charge is 0.122 e. The van der Waals surface area contributed by atoms with Crippen molar-refractivity contribution >= 4 is 0 Å². The summed E-state index contributed by atoms with van der Waals surface area (Å²) in [6, 6.07) is 8.33. The molecular weight excluding hydrogens is 222 g/mol. The molecule has 2 aliphatic carbocycles. The summed E-state index contributed by atoms with van der Waals surface area (Å²) in [7, 11) is 0. The monoisotopic (exact) mass is 245 g/mol. The van der Waals surface area contributed by atoms with Gasteiger partial charge in [-0.15, -0.1) is 0 Å². The van der Waals surface area contributed by atoms with Crippen molar-refractivity contribution in [3.63, 3.8) is 0 Å². The Morgan fingerprint density at radius 2 is 2.06 bits per heavy atom. The molecule has 0 saturated heterocycles. The molecule has 2 N–H and O–H groups in total. The predicted octanol–water partition coefficient (Wildman–Crippen LogP) is 3.00. The van der Waals surface area contributed by atoms with Crippen LogP contribution in [0.25, 0.3) is 0 Å². The highest BCUT2D eigenvalue weighted by Crippen LogP contribution is 2.48. The zero-order valence-electron chi connectivity index (χ0n) is 11.0.